The molecule has 1 saturated heterocycles. The number of aromatic nitrogens is 1. The van der Waals surface area contributed by atoms with Gasteiger partial charge in [-0.15, -0.1) is 11.3 Å². The molecule has 0 spiro atoms. The van der Waals surface area contributed by atoms with Gasteiger partial charge in [0, 0.05) is 17.5 Å². The minimum atomic E-state index is -0.118. The number of likely N-dealkylation sites (tertiary alicyclic amines) is 1. The Morgan fingerprint density at radius 3 is 2.93 bits per heavy atom. The fourth-order valence-electron chi connectivity index (χ4n) is 3.84. The summed E-state index contributed by atoms with van der Waals surface area (Å²) in [6.45, 7) is 1.98. The molecule has 2 aromatic carbocycles. The molecule has 1 atom stereocenters. The van der Waals surface area contributed by atoms with Gasteiger partial charge in [0.15, 0.2) is 16.6 Å². The molecule has 0 saturated carbocycles. The van der Waals surface area contributed by atoms with Gasteiger partial charge in [-0.2, -0.15) is 0 Å². The van der Waals surface area contributed by atoms with Crippen molar-refractivity contribution < 1.29 is 14.3 Å². The van der Waals surface area contributed by atoms with Crippen LogP contribution in [0.4, 0.5) is 5.13 Å². The van der Waals surface area contributed by atoms with Crippen molar-refractivity contribution in [2.24, 2.45) is 0 Å². The Labute approximate surface area is 173 Å². The average molecular weight is 407 g/mol. The van der Waals surface area contributed by atoms with E-state index in [4.69, 9.17) is 9.47 Å². The van der Waals surface area contributed by atoms with E-state index in [0.717, 1.165) is 48.7 Å². The molecule has 3 aromatic rings. The summed E-state index contributed by atoms with van der Waals surface area (Å²) in [5.74, 6) is 1.49. The van der Waals surface area contributed by atoms with Gasteiger partial charge in [0.2, 0.25) is 12.7 Å². The quantitative estimate of drug-likeness (QED) is 0.689. The van der Waals surface area contributed by atoms with Crippen molar-refractivity contribution in [2.75, 3.05) is 18.7 Å². The summed E-state index contributed by atoms with van der Waals surface area (Å²) in [6, 6.07) is 15.9. The predicted molar refractivity (Wildman–Crippen MR) is 112 cm³/mol. The smallest absolute Gasteiger partial charge is 0.243 e. The Morgan fingerprint density at radius 1 is 1.17 bits per heavy atom. The molecular weight excluding hydrogens is 386 g/mol. The molecule has 1 aromatic heterocycles. The third-order valence-electron chi connectivity index (χ3n) is 5.30. The first-order valence-corrected chi connectivity index (χ1v) is 10.6. The molecular formula is C22H21N3O3S. The maximum atomic E-state index is 12.9. The highest BCUT2D eigenvalue weighted by Gasteiger charge is 2.31. The summed E-state index contributed by atoms with van der Waals surface area (Å²) in [6.07, 6.45) is 1.91. The molecule has 1 unspecified atom stereocenters. The first kappa shape index (κ1) is 18.1. The second-order valence-electron chi connectivity index (χ2n) is 7.21. The van der Waals surface area contributed by atoms with Gasteiger partial charge in [0.25, 0.3) is 0 Å². The van der Waals surface area contributed by atoms with Crippen molar-refractivity contribution in [3.8, 4) is 22.8 Å². The molecule has 2 aliphatic rings. The lowest BCUT2D eigenvalue weighted by atomic mass is 10.1. The van der Waals surface area contributed by atoms with Gasteiger partial charge >= 0.3 is 0 Å². The summed E-state index contributed by atoms with van der Waals surface area (Å²) in [5, 5.41) is 5.58. The number of anilines is 1. The Morgan fingerprint density at radius 2 is 2.03 bits per heavy atom. The summed E-state index contributed by atoms with van der Waals surface area (Å²) >= 11 is 1.44. The fraction of sp³-hybridized carbons (Fsp3) is 0.273. The van der Waals surface area contributed by atoms with E-state index in [1.54, 1.807) is 0 Å². The van der Waals surface area contributed by atoms with Crippen LogP contribution < -0.4 is 14.8 Å². The van der Waals surface area contributed by atoms with Crippen LogP contribution >= 0.6 is 11.3 Å². The number of rotatable bonds is 5. The second kappa shape index (κ2) is 7.85. The summed E-state index contributed by atoms with van der Waals surface area (Å²) < 4.78 is 10.8. The number of fused-ring (bicyclic) bond motifs is 1. The largest absolute Gasteiger partial charge is 0.454 e. The number of hydrogen-bond acceptors (Lipinski definition) is 6. The minimum Gasteiger partial charge on any atom is -0.454 e. The highest BCUT2D eigenvalue weighted by molar-refractivity contribution is 7.14. The first-order valence-electron chi connectivity index (χ1n) is 9.71. The third-order valence-corrected chi connectivity index (χ3v) is 6.06. The van der Waals surface area contributed by atoms with Crippen molar-refractivity contribution in [1.29, 1.82) is 0 Å². The van der Waals surface area contributed by atoms with Crippen LogP contribution in [-0.2, 0) is 11.3 Å². The molecule has 7 heteroatoms. The standard InChI is InChI=1S/C22H21N3O3S/c26-21(18-7-4-10-25(18)12-15-5-2-1-3-6-15)24-22-23-17(13-29-22)16-8-9-19-20(11-16)28-14-27-19/h1-3,5-6,8-9,11,13,18H,4,7,10,12,14H2,(H,23,24,26). The van der Waals surface area contributed by atoms with Crippen molar-refractivity contribution in [3.05, 3.63) is 59.5 Å². The maximum absolute atomic E-state index is 12.9. The van der Waals surface area contributed by atoms with E-state index in [-0.39, 0.29) is 18.7 Å². The van der Waals surface area contributed by atoms with Crippen LogP contribution in [0.2, 0.25) is 0 Å². The fourth-order valence-corrected chi connectivity index (χ4v) is 4.56. The van der Waals surface area contributed by atoms with E-state index in [1.807, 2.05) is 41.8 Å². The van der Waals surface area contributed by atoms with Gasteiger partial charge in [0.05, 0.1) is 11.7 Å². The lowest BCUT2D eigenvalue weighted by Gasteiger charge is -2.23. The molecule has 1 N–H and O–H groups in total. The van der Waals surface area contributed by atoms with Gasteiger partial charge in [-0.25, -0.2) is 4.98 Å². The lowest BCUT2D eigenvalue weighted by Crippen LogP contribution is -2.39. The molecule has 148 valence electrons. The van der Waals surface area contributed by atoms with Crippen LogP contribution in [0, 0.1) is 0 Å². The second-order valence-corrected chi connectivity index (χ2v) is 8.07. The molecule has 5 rings (SSSR count). The van der Waals surface area contributed by atoms with Gasteiger partial charge in [-0.3, -0.25) is 9.69 Å². The van der Waals surface area contributed by atoms with Crippen molar-refractivity contribution in [2.45, 2.75) is 25.4 Å². The summed E-state index contributed by atoms with van der Waals surface area (Å²) in [5.41, 5.74) is 2.99. The molecule has 1 amide bonds. The van der Waals surface area contributed by atoms with Gasteiger partial charge in [-0.05, 0) is 43.1 Å². The Bertz CT molecular complexity index is 1020. The summed E-state index contributed by atoms with van der Waals surface area (Å²) in [7, 11) is 0. The maximum Gasteiger partial charge on any atom is 0.243 e. The van der Waals surface area contributed by atoms with E-state index in [9.17, 15) is 4.79 Å². The highest BCUT2D eigenvalue weighted by atomic mass is 32.1. The number of thiazole rings is 1. The molecule has 1 fully saturated rings. The lowest BCUT2D eigenvalue weighted by molar-refractivity contribution is -0.120. The van der Waals surface area contributed by atoms with E-state index in [1.165, 1.54) is 16.9 Å². The van der Waals surface area contributed by atoms with Gasteiger partial charge in [-0.1, -0.05) is 30.3 Å². The topological polar surface area (TPSA) is 63.7 Å². The molecule has 2 aliphatic heterocycles. The number of nitrogens with one attached hydrogen (secondary N) is 1. The molecule has 0 aliphatic carbocycles. The predicted octanol–water partition coefficient (Wildman–Crippen LogP) is 4.14. The first-order chi connectivity index (χ1) is 14.3. The van der Waals surface area contributed by atoms with E-state index < -0.39 is 0 Å². The Balaban J connectivity index is 1.26. The van der Waals surface area contributed by atoms with Gasteiger partial charge < -0.3 is 14.8 Å². The Hall–Kier alpha value is -2.90. The van der Waals surface area contributed by atoms with Crippen LogP contribution in [0.5, 0.6) is 11.5 Å². The Kier molecular flexibility index (Phi) is 4.91. The molecule has 6 nitrogen and oxygen atoms in total. The zero-order valence-corrected chi connectivity index (χ0v) is 16.7. The molecule has 29 heavy (non-hydrogen) atoms. The number of hydrogen-bond donors (Lipinski definition) is 1. The normalized spacial score (nSPS) is 18.1. The van der Waals surface area contributed by atoms with Gasteiger partial charge in [0.1, 0.15) is 0 Å². The monoisotopic (exact) mass is 407 g/mol. The SMILES string of the molecule is O=C(Nc1nc(-c2ccc3c(c2)OCO3)cs1)C1CCCN1Cc1ccccc1. The van der Waals surface area contributed by atoms with Crippen molar-refractivity contribution >= 4 is 22.4 Å². The van der Waals surface area contributed by atoms with Crippen LogP contribution in [0.3, 0.4) is 0 Å². The zero-order valence-electron chi connectivity index (χ0n) is 15.8. The van der Waals surface area contributed by atoms with Crippen molar-refractivity contribution in [3.63, 3.8) is 0 Å². The third kappa shape index (κ3) is 3.83. The number of benzene rings is 2. The number of ether oxygens (including phenoxy) is 2. The van der Waals surface area contributed by atoms with Crippen LogP contribution in [0.25, 0.3) is 11.3 Å². The van der Waals surface area contributed by atoms with E-state index in [0.29, 0.717) is 5.13 Å². The number of carbonyl (C=O) groups excluding carboxylic acids is 1. The molecule has 0 radical (unpaired) electrons. The van der Waals surface area contributed by atoms with Crippen LogP contribution in [0.15, 0.2) is 53.9 Å². The van der Waals surface area contributed by atoms with E-state index >= 15 is 0 Å². The zero-order chi connectivity index (χ0) is 19.6. The summed E-state index contributed by atoms with van der Waals surface area (Å²) in [4.78, 5) is 19.7. The average Bonchev–Trinajstić information content (AvgIpc) is 3.49. The molecule has 3 heterocycles. The number of amides is 1. The van der Waals surface area contributed by atoms with Crippen LogP contribution in [-0.4, -0.2) is 35.2 Å². The molecule has 0 bridgehead atoms. The highest BCUT2D eigenvalue weighted by Crippen LogP contribution is 2.36. The van der Waals surface area contributed by atoms with Crippen LogP contribution in [0.1, 0.15) is 18.4 Å². The van der Waals surface area contributed by atoms with Crippen molar-refractivity contribution in [1.82, 2.24) is 9.88 Å². The van der Waals surface area contributed by atoms with E-state index in [2.05, 4.69) is 27.3 Å². The number of carbonyl (C=O) groups is 1. The minimum absolute atomic E-state index is 0.0185. The number of nitrogens with zero attached hydrogens (tertiary/aromatic N) is 2.